The van der Waals surface area contributed by atoms with Crippen molar-refractivity contribution in [1.82, 2.24) is 9.80 Å². The van der Waals surface area contributed by atoms with E-state index < -0.39 is 53.6 Å². The number of hydrogen-bond donors (Lipinski definition) is 1. The van der Waals surface area contributed by atoms with Crippen molar-refractivity contribution >= 4 is 24.2 Å². The Balaban J connectivity index is 0.00000506. The van der Waals surface area contributed by atoms with Crippen molar-refractivity contribution in [2.24, 2.45) is 17.6 Å². The standard InChI is InChI=1S/C30H34F7N3O2.ClH/c1-17-11-22(31)5-8-24(17)26-16-40(27(41)19-3-6-23(38)7-4-19)10-9-25(26)28(42)39(2)15-18-12-20(29(32,33)34)14-21(13-18)30(35,36)37;/h5,8,11-14,19,23,25-26H,3-4,6-7,9-10,15-16,38H2,1-2H3;1H/t19-,23-,25?,26?;. The molecule has 2 unspecified atom stereocenters. The maximum Gasteiger partial charge on any atom is 0.416 e. The lowest BCUT2D eigenvalue weighted by Gasteiger charge is -2.41. The number of alkyl halides is 6. The zero-order chi connectivity index (χ0) is 31.0. The minimum absolute atomic E-state index is 0. The highest BCUT2D eigenvalue weighted by atomic mass is 35.5. The van der Waals surface area contributed by atoms with Crippen molar-refractivity contribution in [3.8, 4) is 0 Å². The van der Waals surface area contributed by atoms with E-state index in [0.29, 0.717) is 36.1 Å². The highest BCUT2D eigenvalue weighted by Gasteiger charge is 2.41. The molecular weight excluding hydrogens is 603 g/mol. The Morgan fingerprint density at radius 3 is 2.05 bits per heavy atom. The van der Waals surface area contributed by atoms with E-state index in [2.05, 4.69) is 0 Å². The summed E-state index contributed by atoms with van der Waals surface area (Å²) in [7, 11) is 1.33. The summed E-state index contributed by atoms with van der Waals surface area (Å²) in [6.07, 6.45) is -6.97. The molecule has 1 aliphatic carbocycles. The highest BCUT2D eigenvalue weighted by Crippen LogP contribution is 2.39. The number of aryl methyl sites for hydroxylation is 1. The summed E-state index contributed by atoms with van der Waals surface area (Å²) in [5.74, 6) is -2.44. The molecule has 0 bridgehead atoms. The van der Waals surface area contributed by atoms with E-state index >= 15 is 0 Å². The van der Waals surface area contributed by atoms with Gasteiger partial charge in [-0.15, -0.1) is 12.4 Å². The molecule has 1 heterocycles. The Morgan fingerprint density at radius 1 is 0.930 bits per heavy atom. The Labute approximate surface area is 252 Å². The molecule has 2 aromatic rings. The van der Waals surface area contributed by atoms with E-state index in [9.17, 15) is 40.3 Å². The molecule has 0 spiro atoms. The van der Waals surface area contributed by atoms with E-state index in [0.717, 1.165) is 17.7 Å². The van der Waals surface area contributed by atoms with Gasteiger partial charge in [0.25, 0.3) is 0 Å². The second-order valence-corrected chi connectivity index (χ2v) is 11.5. The van der Waals surface area contributed by atoms with Crippen LogP contribution < -0.4 is 5.73 Å². The number of nitrogens with two attached hydrogens (primary N) is 1. The second kappa shape index (κ2) is 13.4. The van der Waals surface area contributed by atoms with Crippen LogP contribution in [0, 0.1) is 24.6 Å². The van der Waals surface area contributed by atoms with Crippen molar-refractivity contribution in [3.05, 3.63) is 70.0 Å². The maximum atomic E-state index is 13.9. The fourth-order valence-corrected chi connectivity index (χ4v) is 6.19. The second-order valence-electron chi connectivity index (χ2n) is 11.5. The topological polar surface area (TPSA) is 66.6 Å². The third-order valence-electron chi connectivity index (χ3n) is 8.44. The van der Waals surface area contributed by atoms with E-state index in [4.69, 9.17) is 5.73 Å². The van der Waals surface area contributed by atoms with Crippen LogP contribution in [0.1, 0.15) is 65.8 Å². The Morgan fingerprint density at radius 2 is 1.51 bits per heavy atom. The SMILES string of the molecule is Cc1cc(F)ccc1C1CN(C(=O)[C@H]2CC[C@H](N)CC2)CCC1C(=O)N(C)Cc1cc(C(F)(F)F)cc(C(F)(F)F)c1.Cl. The van der Waals surface area contributed by atoms with Crippen LogP contribution in [-0.2, 0) is 28.5 Å². The van der Waals surface area contributed by atoms with Crippen molar-refractivity contribution in [1.29, 1.82) is 0 Å². The number of benzene rings is 2. The van der Waals surface area contributed by atoms with Crippen molar-refractivity contribution in [2.75, 3.05) is 20.1 Å². The number of nitrogens with zero attached hydrogens (tertiary/aromatic N) is 2. The molecule has 4 rings (SSSR count). The zero-order valence-electron chi connectivity index (χ0n) is 23.8. The summed E-state index contributed by atoms with van der Waals surface area (Å²) < 4.78 is 94.2. The molecule has 1 aliphatic heterocycles. The predicted octanol–water partition coefficient (Wildman–Crippen LogP) is 6.70. The fourth-order valence-electron chi connectivity index (χ4n) is 6.19. The van der Waals surface area contributed by atoms with Crippen LogP contribution in [-0.4, -0.2) is 47.8 Å². The van der Waals surface area contributed by atoms with E-state index in [1.165, 1.54) is 19.2 Å². The van der Waals surface area contributed by atoms with Gasteiger partial charge in [-0.25, -0.2) is 4.39 Å². The number of likely N-dealkylation sites (tertiary alicyclic amines) is 1. The van der Waals surface area contributed by atoms with Crippen molar-refractivity contribution in [2.45, 2.75) is 69.9 Å². The summed E-state index contributed by atoms with van der Waals surface area (Å²) >= 11 is 0. The number of carbonyl (C=O) groups is 2. The highest BCUT2D eigenvalue weighted by molar-refractivity contribution is 5.85. The van der Waals surface area contributed by atoms with Crippen LogP contribution in [0.25, 0.3) is 0 Å². The van der Waals surface area contributed by atoms with E-state index in [-0.39, 0.29) is 61.4 Å². The number of carbonyl (C=O) groups excluding carboxylic acids is 2. The summed E-state index contributed by atoms with van der Waals surface area (Å²) in [5.41, 5.74) is 4.00. The zero-order valence-corrected chi connectivity index (χ0v) is 24.6. The van der Waals surface area contributed by atoms with Crippen LogP contribution in [0.2, 0.25) is 0 Å². The number of hydrogen-bond acceptors (Lipinski definition) is 3. The molecule has 238 valence electrons. The maximum absolute atomic E-state index is 13.9. The first-order valence-electron chi connectivity index (χ1n) is 13.9. The molecule has 0 aromatic heterocycles. The Hall–Kier alpha value is -2.86. The molecule has 2 aromatic carbocycles. The van der Waals surface area contributed by atoms with Crippen LogP contribution >= 0.6 is 12.4 Å². The van der Waals surface area contributed by atoms with Crippen LogP contribution in [0.3, 0.4) is 0 Å². The molecule has 2 amide bonds. The summed E-state index contributed by atoms with van der Waals surface area (Å²) in [4.78, 5) is 30.0. The first kappa shape index (κ1) is 34.6. The van der Waals surface area contributed by atoms with Gasteiger partial charge in [-0.1, -0.05) is 6.07 Å². The van der Waals surface area contributed by atoms with Gasteiger partial charge in [-0.05, 0) is 86.1 Å². The molecule has 43 heavy (non-hydrogen) atoms. The number of piperidine rings is 1. The average molecular weight is 638 g/mol. The van der Waals surface area contributed by atoms with Crippen molar-refractivity contribution < 1.29 is 40.3 Å². The van der Waals surface area contributed by atoms with Gasteiger partial charge in [0.1, 0.15) is 5.82 Å². The molecule has 1 saturated heterocycles. The van der Waals surface area contributed by atoms with E-state index in [1.807, 2.05) is 0 Å². The van der Waals surface area contributed by atoms with Gasteiger partial charge in [-0.2, -0.15) is 26.3 Å². The third-order valence-corrected chi connectivity index (χ3v) is 8.44. The minimum Gasteiger partial charge on any atom is -0.342 e. The quantitative estimate of drug-likeness (QED) is 0.371. The normalized spacial score (nSPS) is 23.0. The van der Waals surface area contributed by atoms with Gasteiger partial charge in [0.2, 0.25) is 11.8 Å². The summed E-state index contributed by atoms with van der Waals surface area (Å²) in [6.45, 7) is 1.65. The summed E-state index contributed by atoms with van der Waals surface area (Å²) in [5, 5.41) is 0. The van der Waals surface area contributed by atoms with Gasteiger partial charge in [0.05, 0.1) is 11.1 Å². The third kappa shape index (κ3) is 8.20. The van der Waals surface area contributed by atoms with Gasteiger partial charge < -0.3 is 15.5 Å². The van der Waals surface area contributed by atoms with Crippen LogP contribution in [0.5, 0.6) is 0 Å². The minimum atomic E-state index is -5.01. The van der Waals surface area contributed by atoms with Gasteiger partial charge in [0, 0.05) is 50.5 Å². The molecule has 2 aliphatic rings. The monoisotopic (exact) mass is 637 g/mol. The number of halogens is 8. The van der Waals surface area contributed by atoms with Gasteiger partial charge >= 0.3 is 12.4 Å². The molecular formula is C30H35ClF7N3O2. The molecule has 2 atom stereocenters. The molecule has 2 fully saturated rings. The van der Waals surface area contributed by atoms with Crippen LogP contribution in [0.4, 0.5) is 30.7 Å². The number of amides is 2. The number of rotatable bonds is 5. The lowest BCUT2D eigenvalue weighted by atomic mass is 9.77. The lowest BCUT2D eigenvalue weighted by Crippen LogP contribution is -2.49. The van der Waals surface area contributed by atoms with Gasteiger partial charge in [0.15, 0.2) is 0 Å². The summed E-state index contributed by atoms with van der Waals surface area (Å²) in [6, 6.07) is 5.47. The van der Waals surface area contributed by atoms with Gasteiger partial charge in [-0.3, -0.25) is 9.59 Å². The Kier molecular flexibility index (Phi) is 10.8. The first-order chi connectivity index (χ1) is 19.5. The lowest BCUT2D eigenvalue weighted by molar-refractivity contribution is -0.144. The fraction of sp³-hybridized carbons (Fsp3) is 0.533. The molecule has 1 saturated carbocycles. The molecule has 5 nitrogen and oxygen atoms in total. The van der Waals surface area contributed by atoms with Crippen molar-refractivity contribution in [3.63, 3.8) is 0 Å². The average Bonchev–Trinajstić information content (AvgIpc) is 2.91. The molecule has 2 N–H and O–H groups in total. The molecule has 0 radical (unpaired) electrons. The first-order valence-corrected chi connectivity index (χ1v) is 13.9. The largest absolute Gasteiger partial charge is 0.416 e. The Bertz CT molecular complexity index is 1280. The smallest absolute Gasteiger partial charge is 0.342 e. The predicted molar refractivity (Wildman–Crippen MR) is 149 cm³/mol. The molecule has 13 heteroatoms. The van der Waals surface area contributed by atoms with Crippen LogP contribution in [0.15, 0.2) is 36.4 Å². The van der Waals surface area contributed by atoms with E-state index in [1.54, 1.807) is 17.9 Å².